The fourth-order valence-electron chi connectivity index (χ4n) is 1.16. The van der Waals surface area contributed by atoms with Crippen molar-refractivity contribution in [3.05, 3.63) is 42.0 Å². The summed E-state index contributed by atoms with van der Waals surface area (Å²) >= 11 is 0. The van der Waals surface area contributed by atoms with Crippen LogP contribution in [0.15, 0.2) is 36.4 Å². The van der Waals surface area contributed by atoms with Crippen molar-refractivity contribution in [2.24, 2.45) is 0 Å². The van der Waals surface area contributed by atoms with Crippen molar-refractivity contribution in [1.82, 2.24) is 0 Å². The molecule has 15 heavy (non-hydrogen) atoms. The molecule has 0 aliphatic heterocycles. The first-order valence-electron chi connectivity index (χ1n) is 4.77. The van der Waals surface area contributed by atoms with Crippen LogP contribution in [0.3, 0.4) is 0 Å². The lowest BCUT2D eigenvalue weighted by Crippen LogP contribution is -2.00. The Bertz CT molecular complexity index is 356. The maximum absolute atomic E-state index is 10.5. The molecule has 0 spiro atoms. The lowest BCUT2D eigenvalue weighted by atomic mass is 10.1. The van der Waals surface area contributed by atoms with Crippen molar-refractivity contribution in [2.75, 3.05) is 6.61 Å². The van der Waals surface area contributed by atoms with Gasteiger partial charge in [0.1, 0.15) is 12.4 Å². The Morgan fingerprint density at radius 2 is 2.33 bits per heavy atom. The molecule has 0 saturated carbocycles. The molecule has 1 aromatic carbocycles. The molecule has 0 amide bonds. The second-order valence-corrected chi connectivity index (χ2v) is 3.10. The van der Waals surface area contributed by atoms with E-state index in [1.807, 2.05) is 25.1 Å². The Labute approximate surface area is 89.0 Å². The minimum absolute atomic E-state index is 0.0286. The molecule has 0 unspecified atom stereocenters. The SMILES string of the molecule is CC=CCOc1cccc(CC(=O)O)c1. The van der Waals surface area contributed by atoms with Crippen LogP contribution < -0.4 is 4.74 Å². The number of aliphatic carboxylic acids is 1. The van der Waals surface area contributed by atoms with E-state index in [-0.39, 0.29) is 6.42 Å². The topological polar surface area (TPSA) is 46.5 Å². The van der Waals surface area contributed by atoms with Gasteiger partial charge in [-0.25, -0.2) is 0 Å². The van der Waals surface area contributed by atoms with Crippen LogP contribution in [0.2, 0.25) is 0 Å². The van der Waals surface area contributed by atoms with Crippen LogP contribution in [0.4, 0.5) is 0 Å². The standard InChI is InChI=1S/C12H14O3/c1-2-3-7-15-11-6-4-5-10(8-11)9-12(13)14/h2-6,8H,7,9H2,1H3,(H,13,14). The molecule has 0 bridgehead atoms. The van der Waals surface area contributed by atoms with Crippen molar-refractivity contribution >= 4 is 5.97 Å². The van der Waals surface area contributed by atoms with E-state index in [2.05, 4.69) is 0 Å². The second-order valence-electron chi connectivity index (χ2n) is 3.10. The first-order valence-corrected chi connectivity index (χ1v) is 4.77. The van der Waals surface area contributed by atoms with Crippen LogP contribution in [-0.4, -0.2) is 17.7 Å². The van der Waals surface area contributed by atoms with Gasteiger partial charge in [0, 0.05) is 0 Å². The summed E-state index contributed by atoms with van der Waals surface area (Å²) in [6.07, 6.45) is 3.83. The van der Waals surface area contributed by atoms with Crippen LogP contribution in [-0.2, 0) is 11.2 Å². The quantitative estimate of drug-likeness (QED) is 0.752. The third kappa shape index (κ3) is 4.31. The molecule has 80 valence electrons. The van der Waals surface area contributed by atoms with Crippen LogP contribution in [0.25, 0.3) is 0 Å². The molecular weight excluding hydrogens is 192 g/mol. The van der Waals surface area contributed by atoms with Gasteiger partial charge in [-0.2, -0.15) is 0 Å². The summed E-state index contributed by atoms with van der Waals surface area (Å²) in [6, 6.07) is 7.13. The lowest BCUT2D eigenvalue weighted by Gasteiger charge is -2.04. The predicted octanol–water partition coefficient (Wildman–Crippen LogP) is 2.27. The van der Waals surface area contributed by atoms with Crippen molar-refractivity contribution in [1.29, 1.82) is 0 Å². The van der Waals surface area contributed by atoms with E-state index in [0.717, 1.165) is 5.56 Å². The van der Waals surface area contributed by atoms with Crippen LogP contribution >= 0.6 is 0 Å². The highest BCUT2D eigenvalue weighted by atomic mass is 16.5. The third-order valence-electron chi connectivity index (χ3n) is 1.84. The number of hydrogen-bond acceptors (Lipinski definition) is 2. The van der Waals surface area contributed by atoms with E-state index in [1.165, 1.54) is 0 Å². The van der Waals surface area contributed by atoms with Crippen molar-refractivity contribution in [3.8, 4) is 5.75 Å². The van der Waals surface area contributed by atoms with Gasteiger partial charge in [0.2, 0.25) is 0 Å². The van der Waals surface area contributed by atoms with E-state index in [4.69, 9.17) is 9.84 Å². The van der Waals surface area contributed by atoms with Gasteiger partial charge in [0.25, 0.3) is 0 Å². The molecule has 0 saturated heterocycles. The summed E-state index contributed by atoms with van der Waals surface area (Å²) in [6.45, 7) is 2.43. The van der Waals surface area contributed by atoms with E-state index in [1.54, 1.807) is 18.2 Å². The highest BCUT2D eigenvalue weighted by molar-refractivity contribution is 5.70. The maximum Gasteiger partial charge on any atom is 0.307 e. The average Bonchev–Trinajstić information content (AvgIpc) is 2.18. The minimum atomic E-state index is -0.833. The molecule has 0 aliphatic carbocycles. The number of rotatable bonds is 5. The van der Waals surface area contributed by atoms with Gasteiger partial charge in [0.15, 0.2) is 0 Å². The summed E-state index contributed by atoms with van der Waals surface area (Å²) in [5.74, 6) is -0.132. The van der Waals surface area contributed by atoms with Crippen LogP contribution in [0.1, 0.15) is 12.5 Å². The zero-order valence-electron chi connectivity index (χ0n) is 8.64. The number of allylic oxidation sites excluding steroid dienone is 1. The van der Waals surface area contributed by atoms with E-state index < -0.39 is 5.97 Å². The lowest BCUT2D eigenvalue weighted by molar-refractivity contribution is -0.136. The smallest absolute Gasteiger partial charge is 0.307 e. The highest BCUT2D eigenvalue weighted by Crippen LogP contribution is 2.13. The van der Waals surface area contributed by atoms with Gasteiger partial charge in [0.05, 0.1) is 6.42 Å². The van der Waals surface area contributed by atoms with E-state index in [9.17, 15) is 4.79 Å². The predicted molar refractivity (Wildman–Crippen MR) is 58.1 cm³/mol. The Morgan fingerprint density at radius 3 is 3.00 bits per heavy atom. The average molecular weight is 206 g/mol. The summed E-state index contributed by atoms with van der Waals surface area (Å²) in [5, 5.41) is 8.62. The number of carbonyl (C=O) groups is 1. The zero-order chi connectivity index (χ0) is 11.1. The normalized spacial score (nSPS) is 10.5. The molecule has 0 atom stereocenters. The van der Waals surface area contributed by atoms with Crippen molar-refractivity contribution in [3.63, 3.8) is 0 Å². The summed E-state index contributed by atoms with van der Waals surface area (Å²) in [4.78, 5) is 10.5. The van der Waals surface area contributed by atoms with E-state index >= 15 is 0 Å². The molecule has 1 aromatic rings. The Balaban J connectivity index is 2.61. The van der Waals surface area contributed by atoms with Crippen LogP contribution in [0.5, 0.6) is 5.75 Å². The number of benzene rings is 1. The summed E-state index contributed by atoms with van der Waals surface area (Å²) in [7, 11) is 0. The molecule has 0 aromatic heterocycles. The molecule has 1 N–H and O–H groups in total. The molecule has 0 fully saturated rings. The number of hydrogen-bond donors (Lipinski definition) is 1. The largest absolute Gasteiger partial charge is 0.490 e. The third-order valence-corrected chi connectivity index (χ3v) is 1.84. The van der Waals surface area contributed by atoms with Gasteiger partial charge in [-0.1, -0.05) is 24.3 Å². The Morgan fingerprint density at radius 1 is 1.53 bits per heavy atom. The zero-order valence-corrected chi connectivity index (χ0v) is 8.64. The van der Waals surface area contributed by atoms with Crippen molar-refractivity contribution < 1.29 is 14.6 Å². The first kappa shape index (κ1) is 11.3. The van der Waals surface area contributed by atoms with Gasteiger partial charge in [-0.05, 0) is 24.6 Å². The maximum atomic E-state index is 10.5. The summed E-state index contributed by atoms with van der Waals surface area (Å²) in [5.41, 5.74) is 0.750. The van der Waals surface area contributed by atoms with Gasteiger partial charge in [-0.15, -0.1) is 0 Å². The first-order chi connectivity index (χ1) is 7.22. The van der Waals surface area contributed by atoms with Crippen LogP contribution in [0, 0.1) is 0 Å². The molecule has 3 heteroatoms. The number of carboxylic acid groups (broad SMARTS) is 1. The molecule has 0 aliphatic rings. The second kappa shape index (κ2) is 5.86. The molecular formula is C12H14O3. The Hall–Kier alpha value is -1.77. The number of carboxylic acids is 1. The minimum Gasteiger partial charge on any atom is -0.490 e. The fraction of sp³-hybridized carbons (Fsp3) is 0.250. The highest BCUT2D eigenvalue weighted by Gasteiger charge is 2.01. The summed E-state index contributed by atoms with van der Waals surface area (Å²) < 4.78 is 5.39. The molecule has 0 radical (unpaired) electrons. The monoisotopic (exact) mass is 206 g/mol. The van der Waals surface area contributed by atoms with E-state index in [0.29, 0.717) is 12.4 Å². The van der Waals surface area contributed by atoms with Gasteiger partial charge < -0.3 is 9.84 Å². The fourth-order valence-corrected chi connectivity index (χ4v) is 1.16. The molecule has 1 rings (SSSR count). The van der Waals surface area contributed by atoms with Gasteiger partial charge in [-0.3, -0.25) is 4.79 Å². The molecule has 3 nitrogen and oxygen atoms in total. The Kier molecular flexibility index (Phi) is 4.41. The molecule has 0 heterocycles. The van der Waals surface area contributed by atoms with Gasteiger partial charge >= 0.3 is 5.97 Å². The van der Waals surface area contributed by atoms with Crippen molar-refractivity contribution in [2.45, 2.75) is 13.3 Å². The number of ether oxygens (including phenoxy) is 1.